The summed E-state index contributed by atoms with van der Waals surface area (Å²) in [6, 6.07) is 20.8. The fraction of sp³-hybridized carbons (Fsp3) is 0.154. The molecule has 35 heavy (non-hydrogen) atoms. The number of nitrogens with one attached hydrogen (secondary N) is 2. The zero-order valence-corrected chi connectivity index (χ0v) is 20.3. The lowest BCUT2D eigenvalue weighted by atomic mass is 10.1. The van der Waals surface area contributed by atoms with E-state index in [2.05, 4.69) is 15.7 Å². The highest BCUT2D eigenvalue weighted by molar-refractivity contribution is 7.16. The molecule has 0 saturated carbocycles. The van der Waals surface area contributed by atoms with Crippen LogP contribution in [0.2, 0.25) is 0 Å². The van der Waals surface area contributed by atoms with Crippen molar-refractivity contribution in [2.24, 2.45) is 0 Å². The summed E-state index contributed by atoms with van der Waals surface area (Å²) in [6.07, 6.45) is 0. The lowest BCUT2D eigenvalue weighted by Gasteiger charge is -2.10. The highest BCUT2D eigenvalue weighted by Gasteiger charge is 2.23. The molecule has 4 rings (SSSR count). The van der Waals surface area contributed by atoms with Crippen LogP contribution in [0.4, 0.5) is 10.8 Å². The highest BCUT2D eigenvalue weighted by atomic mass is 32.1. The van der Waals surface area contributed by atoms with E-state index in [9.17, 15) is 14.4 Å². The number of amides is 2. The molecule has 4 aromatic rings. The van der Waals surface area contributed by atoms with Crippen LogP contribution in [0.1, 0.15) is 27.7 Å². The molecule has 0 aliphatic carbocycles. The zero-order valence-electron chi connectivity index (χ0n) is 19.5. The molecular formula is C26H24N4O4S. The topological polar surface area (TPSA) is 102 Å². The average molecular weight is 489 g/mol. The number of carbonyl (C=O) groups excluding carboxylic acids is 3. The van der Waals surface area contributed by atoms with Crippen molar-refractivity contribution in [2.45, 2.75) is 20.8 Å². The molecule has 2 amide bonds. The van der Waals surface area contributed by atoms with Crippen LogP contribution >= 0.6 is 11.3 Å². The summed E-state index contributed by atoms with van der Waals surface area (Å²) >= 11 is 1.29. The summed E-state index contributed by atoms with van der Waals surface area (Å²) in [5.74, 6) is -1.04. The molecule has 0 saturated heterocycles. The maximum absolute atomic E-state index is 12.8. The van der Waals surface area contributed by atoms with Crippen molar-refractivity contribution in [1.82, 2.24) is 9.78 Å². The highest BCUT2D eigenvalue weighted by Crippen LogP contribution is 2.33. The first-order chi connectivity index (χ1) is 16.8. The molecule has 0 aliphatic heterocycles. The number of hydrogen-bond acceptors (Lipinski definition) is 6. The lowest BCUT2D eigenvalue weighted by Crippen LogP contribution is -2.23. The van der Waals surface area contributed by atoms with Crippen LogP contribution in [0.3, 0.4) is 0 Å². The van der Waals surface area contributed by atoms with Crippen LogP contribution < -0.4 is 10.6 Å². The van der Waals surface area contributed by atoms with Gasteiger partial charge in [0.15, 0.2) is 6.61 Å². The molecule has 0 bridgehead atoms. The Bertz CT molecular complexity index is 1380. The van der Waals surface area contributed by atoms with Crippen LogP contribution in [0.5, 0.6) is 0 Å². The second-order valence-corrected chi connectivity index (χ2v) is 9.05. The predicted molar refractivity (Wildman–Crippen MR) is 136 cm³/mol. The smallest absolute Gasteiger partial charge is 0.341 e. The van der Waals surface area contributed by atoms with Crippen LogP contribution in [0.15, 0.2) is 66.7 Å². The van der Waals surface area contributed by atoms with E-state index in [4.69, 9.17) is 4.74 Å². The number of aryl methyl sites for hydroxylation is 1. The average Bonchev–Trinajstić information content (AvgIpc) is 3.38. The van der Waals surface area contributed by atoms with Crippen molar-refractivity contribution < 1.29 is 19.1 Å². The minimum atomic E-state index is -0.674. The molecule has 0 atom stereocenters. The molecule has 2 N–H and O–H groups in total. The SMILES string of the molecule is CC(=O)Nc1sc(C)c(C)c1C(=O)OCC(=O)Nc1cc(-c2ccccc2)nn1-c1ccccc1. The molecule has 0 fully saturated rings. The van der Waals surface area contributed by atoms with Crippen LogP contribution in [0, 0.1) is 13.8 Å². The van der Waals surface area contributed by atoms with Gasteiger partial charge in [-0.2, -0.15) is 5.10 Å². The molecule has 0 unspecified atom stereocenters. The van der Waals surface area contributed by atoms with E-state index in [0.717, 1.165) is 16.1 Å². The summed E-state index contributed by atoms with van der Waals surface area (Å²) in [4.78, 5) is 37.9. The van der Waals surface area contributed by atoms with Crippen molar-refractivity contribution in [3.05, 3.63) is 82.7 Å². The number of carbonyl (C=O) groups is 3. The van der Waals surface area contributed by atoms with Gasteiger partial charge in [-0.05, 0) is 31.5 Å². The number of ether oxygens (including phenoxy) is 1. The Labute approximate surface area is 206 Å². The van der Waals surface area contributed by atoms with Gasteiger partial charge >= 0.3 is 5.97 Å². The third-order valence-electron chi connectivity index (χ3n) is 5.26. The number of hydrogen-bond donors (Lipinski definition) is 2. The summed E-state index contributed by atoms with van der Waals surface area (Å²) < 4.78 is 6.92. The van der Waals surface area contributed by atoms with Crippen molar-refractivity contribution in [1.29, 1.82) is 0 Å². The van der Waals surface area contributed by atoms with Gasteiger partial charge in [0.05, 0.1) is 16.9 Å². The van der Waals surface area contributed by atoms with Gasteiger partial charge < -0.3 is 15.4 Å². The molecule has 9 heteroatoms. The van der Waals surface area contributed by atoms with E-state index in [1.54, 1.807) is 17.7 Å². The molecule has 8 nitrogen and oxygen atoms in total. The van der Waals surface area contributed by atoms with Crippen molar-refractivity contribution in [3.63, 3.8) is 0 Å². The monoisotopic (exact) mass is 488 g/mol. The molecule has 2 heterocycles. The Kier molecular flexibility index (Phi) is 7.07. The number of thiophene rings is 1. The largest absolute Gasteiger partial charge is 0.452 e. The quantitative estimate of drug-likeness (QED) is 0.358. The van der Waals surface area contributed by atoms with Crippen molar-refractivity contribution in [2.75, 3.05) is 17.2 Å². The summed E-state index contributed by atoms with van der Waals surface area (Å²) in [6.45, 7) is 4.50. The Morgan fingerprint density at radius 3 is 2.29 bits per heavy atom. The van der Waals surface area contributed by atoms with Crippen LogP contribution in [-0.4, -0.2) is 34.2 Å². The first-order valence-electron chi connectivity index (χ1n) is 10.9. The van der Waals surface area contributed by atoms with E-state index in [0.29, 0.717) is 22.1 Å². The van der Waals surface area contributed by atoms with Gasteiger partial charge in [0.1, 0.15) is 10.8 Å². The second-order valence-electron chi connectivity index (χ2n) is 7.82. The van der Waals surface area contributed by atoms with Crippen LogP contribution in [0.25, 0.3) is 16.9 Å². The maximum atomic E-state index is 12.8. The number of anilines is 2. The maximum Gasteiger partial charge on any atom is 0.341 e. The Balaban J connectivity index is 1.52. The van der Waals surface area contributed by atoms with Gasteiger partial charge in [0.2, 0.25) is 5.91 Å². The number of esters is 1. The van der Waals surface area contributed by atoms with E-state index >= 15 is 0 Å². The molecule has 0 spiro atoms. The van der Waals surface area contributed by atoms with E-state index in [-0.39, 0.29) is 11.5 Å². The first kappa shape index (κ1) is 23.9. The lowest BCUT2D eigenvalue weighted by molar-refractivity contribution is -0.119. The van der Waals surface area contributed by atoms with E-state index < -0.39 is 18.5 Å². The van der Waals surface area contributed by atoms with Gasteiger partial charge in [-0.3, -0.25) is 9.59 Å². The third-order valence-corrected chi connectivity index (χ3v) is 6.38. The van der Waals surface area contributed by atoms with Gasteiger partial charge in [-0.25, -0.2) is 9.48 Å². The molecule has 0 radical (unpaired) electrons. The second kappa shape index (κ2) is 10.4. The minimum Gasteiger partial charge on any atom is -0.452 e. The summed E-state index contributed by atoms with van der Waals surface area (Å²) in [5, 5.41) is 10.5. The number of nitrogens with zero attached hydrogens (tertiary/aromatic N) is 2. The Morgan fingerprint density at radius 1 is 0.971 bits per heavy atom. The fourth-order valence-electron chi connectivity index (χ4n) is 3.49. The van der Waals surface area contributed by atoms with Gasteiger partial charge in [-0.15, -0.1) is 11.3 Å². The molecule has 2 aromatic carbocycles. The molecule has 178 valence electrons. The Hall–Kier alpha value is -4.24. The molecule has 2 aromatic heterocycles. The van der Waals surface area contributed by atoms with Gasteiger partial charge in [-0.1, -0.05) is 48.5 Å². The number of aromatic nitrogens is 2. The number of rotatable bonds is 7. The standard InChI is InChI=1S/C26H24N4O4S/c1-16-17(2)35-25(27-18(3)31)24(16)26(33)34-15-23(32)28-22-14-21(19-10-6-4-7-11-19)29-30(22)20-12-8-5-9-13-20/h4-14H,15H2,1-3H3,(H,27,31)(H,28,32). The first-order valence-corrected chi connectivity index (χ1v) is 11.7. The predicted octanol–water partition coefficient (Wildman–Crippen LogP) is 4.97. The van der Waals surface area contributed by atoms with E-state index in [1.807, 2.05) is 67.6 Å². The number of benzene rings is 2. The third kappa shape index (κ3) is 5.47. The van der Waals surface area contributed by atoms with Crippen LogP contribution in [-0.2, 0) is 14.3 Å². The molecular weight excluding hydrogens is 464 g/mol. The number of para-hydroxylation sites is 1. The molecule has 0 aliphatic rings. The zero-order chi connectivity index (χ0) is 24.9. The normalized spacial score (nSPS) is 10.6. The van der Waals surface area contributed by atoms with E-state index in [1.165, 1.54) is 18.3 Å². The summed E-state index contributed by atoms with van der Waals surface area (Å²) in [5.41, 5.74) is 3.32. The van der Waals surface area contributed by atoms with Gasteiger partial charge in [0, 0.05) is 23.4 Å². The van der Waals surface area contributed by atoms with Crippen molar-refractivity contribution in [3.8, 4) is 16.9 Å². The van der Waals surface area contributed by atoms with Gasteiger partial charge in [0.25, 0.3) is 5.91 Å². The minimum absolute atomic E-state index is 0.260. The van der Waals surface area contributed by atoms with Crippen molar-refractivity contribution >= 4 is 39.9 Å². The fourth-order valence-corrected chi connectivity index (χ4v) is 4.58. The Morgan fingerprint density at radius 2 is 1.63 bits per heavy atom. The summed E-state index contributed by atoms with van der Waals surface area (Å²) in [7, 11) is 0.